The lowest BCUT2D eigenvalue weighted by Gasteiger charge is -2.03. The number of hydrogen-bond acceptors (Lipinski definition) is 3. The van der Waals surface area contributed by atoms with E-state index < -0.39 is 4.92 Å². The van der Waals surface area contributed by atoms with Gasteiger partial charge in [-0.25, -0.2) is 0 Å². The minimum atomic E-state index is -0.479. The molecule has 0 heterocycles. The molecule has 0 amide bonds. The summed E-state index contributed by atoms with van der Waals surface area (Å²) in [6.07, 6.45) is 2.02. The van der Waals surface area contributed by atoms with Gasteiger partial charge < -0.3 is 0 Å². The lowest BCUT2D eigenvalue weighted by atomic mass is 10.0. The summed E-state index contributed by atoms with van der Waals surface area (Å²) < 4.78 is 0. The van der Waals surface area contributed by atoms with Crippen LogP contribution in [-0.4, -0.2) is 16.0 Å². The van der Waals surface area contributed by atoms with E-state index >= 15 is 0 Å². The number of carbonyl (C=O) groups is 1. The third-order valence-electron chi connectivity index (χ3n) is 3.16. The van der Waals surface area contributed by atoms with E-state index in [1.165, 1.54) is 29.8 Å². The lowest BCUT2D eigenvalue weighted by molar-refractivity contribution is -0.384. The third-order valence-corrected chi connectivity index (χ3v) is 3.72. The Bertz CT molecular complexity index is 636. The van der Waals surface area contributed by atoms with Gasteiger partial charge in [-0.15, -0.1) is 0 Å². The number of nitrogens with zero attached hydrogens (tertiary/aromatic N) is 1. The van der Waals surface area contributed by atoms with Gasteiger partial charge >= 0.3 is 0 Å². The van der Waals surface area contributed by atoms with Crippen LogP contribution in [0.25, 0.3) is 0 Å². The zero-order valence-electron chi connectivity index (χ0n) is 11.3. The Kier molecular flexibility index (Phi) is 5.22. The maximum Gasteiger partial charge on any atom is 0.269 e. The van der Waals surface area contributed by atoms with E-state index in [0.717, 1.165) is 18.2 Å². The van der Waals surface area contributed by atoms with Gasteiger partial charge in [0.2, 0.25) is 0 Å². The second-order valence-corrected chi connectivity index (χ2v) is 5.42. The molecule has 4 nitrogen and oxygen atoms in total. The Labute approximate surface area is 131 Å². The van der Waals surface area contributed by atoms with E-state index in [9.17, 15) is 14.9 Å². The van der Waals surface area contributed by atoms with Crippen molar-refractivity contribution < 1.29 is 9.72 Å². The summed E-state index contributed by atoms with van der Waals surface area (Å²) in [5, 5.41) is 11.5. The maximum atomic E-state index is 12.3. The predicted molar refractivity (Wildman–Crippen MR) is 85.1 cm³/mol. The van der Waals surface area contributed by atoms with E-state index in [0.29, 0.717) is 11.1 Å². The Morgan fingerprint density at radius 3 is 2.00 bits per heavy atom. The van der Waals surface area contributed by atoms with Crippen LogP contribution in [0.5, 0.6) is 0 Å². The van der Waals surface area contributed by atoms with Crippen molar-refractivity contribution in [1.29, 1.82) is 0 Å². The molecule has 0 aromatic heterocycles. The molecule has 0 saturated carbocycles. The first-order valence-electron chi connectivity index (χ1n) is 6.56. The maximum absolute atomic E-state index is 12.3. The zero-order valence-corrected chi connectivity index (χ0v) is 12.9. The molecule has 0 unspecified atom stereocenters. The fourth-order valence-electron chi connectivity index (χ4n) is 1.99. The highest BCUT2D eigenvalue weighted by atomic mass is 79.9. The van der Waals surface area contributed by atoms with Gasteiger partial charge in [0.15, 0.2) is 5.78 Å². The van der Waals surface area contributed by atoms with Gasteiger partial charge in [-0.3, -0.25) is 14.9 Å². The summed E-state index contributed by atoms with van der Waals surface area (Å²) in [5.74, 6) is -0.128. The smallest absolute Gasteiger partial charge is 0.269 e. The minimum Gasteiger partial charge on any atom is -0.289 e. The van der Waals surface area contributed by atoms with Crippen LogP contribution in [0, 0.1) is 10.1 Å². The van der Waals surface area contributed by atoms with Crippen molar-refractivity contribution in [2.75, 3.05) is 5.33 Å². The molecular formula is C16H14BrNO3. The number of rotatable bonds is 6. The Morgan fingerprint density at radius 1 is 1.00 bits per heavy atom. The summed E-state index contributed by atoms with van der Waals surface area (Å²) in [6, 6.07) is 13.1. The highest BCUT2D eigenvalue weighted by Gasteiger charge is 2.11. The molecule has 21 heavy (non-hydrogen) atoms. The van der Waals surface area contributed by atoms with Crippen LogP contribution in [0.4, 0.5) is 5.69 Å². The molecule has 0 aliphatic rings. The summed E-state index contributed by atoms with van der Waals surface area (Å²) >= 11 is 3.39. The van der Waals surface area contributed by atoms with Crippen molar-refractivity contribution in [3.8, 4) is 0 Å². The first-order chi connectivity index (χ1) is 10.1. The van der Waals surface area contributed by atoms with Crippen LogP contribution in [0.1, 0.15) is 27.9 Å². The quantitative estimate of drug-likeness (QED) is 0.341. The molecule has 0 atom stereocenters. The van der Waals surface area contributed by atoms with Crippen molar-refractivity contribution >= 4 is 27.4 Å². The van der Waals surface area contributed by atoms with Crippen molar-refractivity contribution in [2.24, 2.45) is 0 Å². The number of carbonyl (C=O) groups excluding carboxylic acids is 1. The van der Waals surface area contributed by atoms with Crippen molar-refractivity contribution in [1.82, 2.24) is 0 Å². The standard InChI is InChI=1S/C16H14BrNO3/c17-11-1-2-12-3-5-13(6-4-12)16(19)14-7-9-15(10-8-14)18(20)21/h3-10H,1-2,11H2. The minimum absolute atomic E-state index is 0.0170. The first kappa shape index (κ1) is 15.4. The Morgan fingerprint density at radius 2 is 1.52 bits per heavy atom. The molecule has 0 fully saturated rings. The average Bonchev–Trinajstić information content (AvgIpc) is 2.53. The van der Waals surface area contributed by atoms with Gasteiger partial charge in [-0.1, -0.05) is 40.2 Å². The highest BCUT2D eigenvalue weighted by molar-refractivity contribution is 9.09. The van der Waals surface area contributed by atoms with Crippen LogP contribution in [0.15, 0.2) is 48.5 Å². The van der Waals surface area contributed by atoms with Gasteiger partial charge in [0.25, 0.3) is 5.69 Å². The average molecular weight is 348 g/mol. The number of nitro groups is 1. The van der Waals surface area contributed by atoms with Gasteiger partial charge in [-0.2, -0.15) is 0 Å². The van der Waals surface area contributed by atoms with Gasteiger partial charge in [0.05, 0.1) is 4.92 Å². The second-order valence-electron chi connectivity index (χ2n) is 4.62. The van der Waals surface area contributed by atoms with E-state index in [1.54, 1.807) is 12.1 Å². The van der Waals surface area contributed by atoms with Crippen molar-refractivity contribution in [2.45, 2.75) is 12.8 Å². The van der Waals surface area contributed by atoms with E-state index in [-0.39, 0.29) is 11.5 Å². The Hall–Kier alpha value is -2.01. The molecule has 0 radical (unpaired) electrons. The number of nitro benzene ring substituents is 1. The molecule has 2 rings (SSSR count). The molecule has 5 heteroatoms. The van der Waals surface area contributed by atoms with Gasteiger partial charge in [-0.05, 0) is 30.5 Å². The summed E-state index contributed by atoms with van der Waals surface area (Å²) in [5.41, 5.74) is 2.21. The topological polar surface area (TPSA) is 60.2 Å². The number of halogens is 1. The van der Waals surface area contributed by atoms with Crippen LogP contribution < -0.4 is 0 Å². The summed E-state index contributed by atoms with van der Waals surface area (Å²) in [6.45, 7) is 0. The molecule has 0 saturated heterocycles. The molecule has 0 spiro atoms. The van der Waals surface area contributed by atoms with Crippen LogP contribution >= 0.6 is 15.9 Å². The predicted octanol–water partition coefficient (Wildman–Crippen LogP) is 4.15. The van der Waals surface area contributed by atoms with Crippen molar-refractivity contribution in [3.05, 3.63) is 75.3 Å². The first-order valence-corrected chi connectivity index (χ1v) is 7.68. The number of benzene rings is 2. The van der Waals surface area contributed by atoms with E-state index in [2.05, 4.69) is 15.9 Å². The monoisotopic (exact) mass is 347 g/mol. The van der Waals surface area contributed by atoms with Crippen LogP contribution in [0.2, 0.25) is 0 Å². The molecule has 2 aromatic carbocycles. The number of ketones is 1. The largest absolute Gasteiger partial charge is 0.289 e. The molecule has 0 N–H and O–H groups in total. The molecule has 2 aromatic rings. The molecule has 0 aliphatic heterocycles. The molecule has 108 valence electrons. The fraction of sp³-hybridized carbons (Fsp3) is 0.188. The number of non-ortho nitro benzene ring substituents is 1. The lowest BCUT2D eigenvalue weighted by Crippen LogP contribution is -2.01. The number of aryl methyl sites for hydroxylation is 1. The SMILES string of the molecule is O=C(c1ccc(CCCBr)cc1)c1ccc([N+](=O)[O-])cc1. The fourth-order valence-corrected chi connectivity index (χ4v) is 2.28. The zero-order chi connectivity index (χ0) is 15.2. The third kappa shape index (κ3) is 3.98. The summed E-state index contributed by atoms with van der Waals surface area (Å²) in [4.78, 5) is 22.4. The molecule has 0 aliphatic carbocycles. The van der Waals surface area contributed by atoms with Gasteiger partial charge in [0, 0.05) is 28.6 Å². The summed E-state index contributed by atoms with van der Waals surface area (Å²) in [7, 11) is 0. The molecular weight excluding hydrogens is 334 g/mol. The van der Waals surface area contributed by atoms with Gasteiger partial charge in [0.1, 0.15) is 0 Å². The number of alkyl halides is 1. The molecule has 0 bridgehead atoms. The highest BCUT2D eigenvalue weighted by Crippen LogP contribution is 2.16. The Balaban J connectivity index is 2.13. The van der Waals surface area contributed by atoms with Crippen LogP contribution in [-0.2, 0) is 6.42 Å². The van der Waals surface area contributed by atoms with E-state index in [1.807, 2.05) is 12.1 Å². The van der Waals surface area contributed by atoms with Crippen LogP contribution in [0.3, 0.4) is 0 Å². The van der Waals surface area contributed by atoms with Crippen molar-refractivity contribution in [3.63, 3.8) is 0 Å². The second kappa shape index (κ2) is 7.13. The number of hydrogen-bond donors (Lipinski definition) is 0. The normalized spacial score (nSPS) is 10.3. The van der Waals surface area contributed by atoms with E-state index in [4.69, 9.17) is 0 Å².